The number of amides is 1. The number of hydrogen-bond acceptors (Lipinski definition) is 5. The Balaban J connectivity index is 1.42. The molecule has 1 saturated carbocycles. The van der Waals surface area contributed by atoms with Crippen molar-refractivity contribution in [1.82, 2.24) is 19.6 Å². The first-order valence-electron chi connectivity index (χ1n) is 10.1. The lowest BCUT2D eigenvalue weighted by molar-refractivity contribution is 0.0902. The van der Waals surface area contributed by atoms with Gasteiger partial charge in [-0.1, -0.05) is 18.9 Å². The van der Waals surface area contributed by atoms with Crippen molar-refractivity contribution in [3.63, 3.8) is 0 Å². The molecule has 0 atom stereocenters. The molecule has 4 rings (SSSR count). The first kappa shape index (κ1) is 19.4. The number of likely N-dealkylation sites (tertiary alicyclic amines) is 1. The standard InChI is InChI=1S/C20H28N4O3S/c1-28(26,27)20-22-18(17-8-4-5-11-24(17)20)19(25)21-16-9-12-23(13-10-16)14-15-6-2-3-7-15/h4-5,8,11,15-16H,2-3,6-7,9-10,12-14H2,1H3,(H,21,25). The molecule has 0 unspecified atom stereocenters. The van der Waals surface area contributed by atoms with Crippen LogP contribution in [0.15, 0.2) is 29.6 Å². The van der Waals surface area contributed by atoms with Gasteiger partial charge in [-0.15, -0.1) is 0 Å². The summed E-state index contributed by atoms with van der Waals surface area (Å²) in [4.78, 5) is 19.5. The first-order chi connectivity index (χ1) is 13.4. The second-order valence-electron chi connectivity index (χ2n) is 8.17. The first-order valence-corrected chi connectivity index (χ1v) is 12.0. The molecule has 2 fully saturated rings. The van der Waals surface area contributed by atoms with E-state index < -0.39 is 9.84 Å². The van der Waals surface area contributed by atoms with Crippen LogP contribution in [0, 0.1) is 5.92 Å². The Kier molecular flexibility index (Phi) is 5.42. The van der Waals surface area contributed by atoms with Crippen molar-refractivity contribution in [3.8, 4) is 0 Å². The Morgan fingerprint density at radius 3 is 2.57 bits per heavy atom. The number of nitrogens with one attached hydrogen (secondary N) is 1. The Morgan fingerprint density at radius 1 is 1.18 bits per heavy atom. The highest BCUT2D eigenvalue weighted by molar-refractivity contribution is 7.90. The van der Waals surface area contributed by atoms with Crippen LogP contribution in [-0.2, 0) is 9.84 Å². The molecule has 3 heterocycles. The lowest BCUT2D eigenvalue weighted by Crippen LogP contribution is -2.45. The van der Waals surface area contributed by atoms with E-state index in [1.807, 2.05) is 0 Å². The van der Waals surface area contributed by atoms with E-state index in [2.05, 4.69) is 15.2 Å². The van der Waals surface area contributed by atoms with Crippen LogP contribution in [0.3, 0.4) is 0 Å². The van der Waals surface area contributed by atoms with Gasteiger partial charge in [-0.2, -0.15) is 0 Å². The van der Waals surface area contributed by atoms with E-state index in [0.717, 1.165) is 38.1 Å². The molecule has 0 radical (unpaired) electrons. The molecule has 1 N–H and O–H groups in total. The van der Waals surface area contributed by atoms with E-state index in [1.54, 1.807) is 24.4 Å². The fraction of sp³-hybridized carbons (Fsp3) is 0.600. The highest BCUT2D eigenvalue weighted by Crippen LogP contribution is 2.26. The van der Waals surface area contributed by atoms with Crippen molar-refractivity contribution in [2.75, 3.05) is 25.9 Å². The minimum atomic E-state index is -3.53. The van der Waals surface area contributed by atoms with Gasteiger partial charge in [-0.25, -0.2) is 13.4 Å². The van der Waals surface area contributed by atoms with Gasteiger partial charge >= 0.3 is 0 Å². The van der Waals surface area contributed by atoms with E-state index in [9.17, 15) is 13.2 Å². The fourth-order valence-corrected chi connectivity index (χ4v) is 5.28. The summed E-state index contributed by atoms with van der Waals surface area (Å²) >= 11 is 0. The minimum Gasteiger partial charge on any atom is -0.348 e. The second-order valence-corrected chi connectivity index (χ2v) is 10.1. The summed E-state index contributed by atoms with van der Waals surface area (Å²) in [7, 11) is -3.53. The number of piperidine rings is 1. The molecule has 152 valence electrons. The third-order valence-electron chi connectivity index (χ3n) is 5.98. The van der Waals surface area contributed by atoms with Gasteiger partial charge in [0.25, 0.3) is 5.91 Å². The van der Waals surface area contributed by atoms with Gasteiger partial charge < -0.3 is 10.2 Å². The molecule has 2 aromatic heterocycles. The Morgan fingerprint density at radius 2 is 1.89 bits per heavy atom. The van der Waals surface area contributed by atoms with Crippen LogP contribution in [0.2, 0.25) is 0 Å². The molecule has 1 amide bonds. The molecule has 1 aliphatic heterocycles. The molecule has 0 aromatic carbocycles. The topological polar surface area (TPSA) is 83.8 Å². The number of fused-ring (bicyclic) bond motifs is 1. The van der Waals surface area contributed by atoms with E-state index in [0.29, 0.717) is 5.52 Å². The van der Waals surface area contributed by atoms with E-state index in [1.165, 1.54) is 36.6 Å². The normalized spacial score (nSPS) is 20.0. The quantitative estimate of drug-likeness (QED) is 0.825. The molecule has 8 heteroatoms. The van der Waals surface area contributed by atoms with Crippen LogP contribution in [-0.4, -0.2) is 60.5 Å². The van der Waals surface area contributed by atoms with Gasteiger partial charge in [0, 0.05) is 38.1 Å². The maximum Gasteiger partial charge on any atom is 0.272 e. The van der Waals surface area contributed by atoms with Gasteiger partial charge in [0.05, 0.1) is 5.52 Å². The molecule has 2 aromatic rings. The lowest BCUT2D eigenvalue weighted by Gasteiger charge is -2.33. The van der Waals surface area contributed by atoms with Crippen molar-refractivity contribution in [1.29, 1.82) is 0 Å². The van der Waals surface area contributed by atoms with Crippen LogP contribution >= 0.6 is 0 Å². The van der Waals surface area contributed by atoms with Gasteiger partial charge in [0.2, 0.25) is 15.0 Å². The van der Waals surface area contributed by atoms with E-state index in [4.69, 9.17) is 0 Å². The summed E-state index contributed by atoms with van der Waals surface area (Å²) in [5.41, 5.74) is 0.688. The van der Waals surface area contributed by atoms with Crippen molar-refractivity contribution in [2.45, 2.75) is 49.7 Å². The Hall–Kier alpha value is -1.93. The molecule has 28 heavy (non-hydrogen) atoms. The van der Waals surface area contributed by atoms with Crippen molar-refractivity contribution >= 4 is 21.3 Å². The van der Waals surface area contributed by atoms with Crippen LogP contribution in [0.4, 0.5) is 0 Å². The van der Waals surface area contributed by atoms with Crippen molar-refractivity contribution in [3.05, 3.63) is 30.1 Å². The minimum absolute atomic E-state index is 0.0976. The van der Waals surface area contributed by atoms with E-state index >= 15 is 0 Å². The van der Waals surface area contributed by atoms with Crippen molar-refractivity contribution in [2.24, 2.45) is 5.92 Å². The molecule has 0 bridgehead atoms. The number of carbonyl (C=O) groups is 1. The monoisotopic (exact) mass is 404 g/mol. The molecule has 1 aliphatic carbocycles. The summed E-state index contributed by atoms with van der Waals surface area (Å²) in [6.07, 6.45) is 10.0. The zero-order chi connectivity index (χ0) is 19.7. The smallest absolute Gasteiger partial charge is 0.272 e. The number of nitrogens with zero attached hydrogens (tertiary/aromatic N) is 3. The van der Waals surface area contributed by atoms with E-state index in [-0.39, 0.29) is 22.8 Å². The van der Waals surface area contributed by atoms with Gasteiger partial charge in [0.1, 0.15) is 0 Å². The third-order valence-corrected chi connectivity index (χ3v) is 6.93. The number of sulfone groups is 1. The highest BCUT2D eigenvalue weighted by Gasteiger charge is 2.27. The number of imidazole rings is 1. The number of aromatic nitrogens is 2. The largest absolute Gasteiger partial charge is 0.348 e. The average Bonchev–Trinajstić information content (AvgIpc) is 3.30. The summed E-state index contributed by atoms with van der Waals surface area (Å²) in [6, 6.07) is 5.34. The van der Waals surface area contributed by atoms with Gasteiger partial charge in [-0.05, 0) is 43.7 Å². The van der Waals surface area contributed by atoms with Gasteiger partial charge in [0.15, 0.2) is 5.69 Å². The summed E-state index contributed by atoms with van der Waals surface area (Å²) in [5.74, 6) is 0.547. The van der Waals surface area contributed by atoms with Crippen molar-refractivity contribution < 1.29 is 13.2 Å². The summed E-state index contributed by atoms with van der Waals surface area (Å²) < 4.78 is 25.5. The third kappa shape index (κ3) is 4.07. The Labute approximate surface area is 166 Å². The molecule has 0 spiro atoms. The maximum atomic E-state index is 12.8. The van der Waals surface area contributed by atoms with Crippen LogP contribution in [0.5, 0.6) is 0 Å². The number of rotatable bonds is 5. The molecule has 1 saturated heterocycles. The summed E-state index contributed by atoms with van der Waals surface area (Å²) in [6.45, 7) is 3.18. The van der Waals surface area contributed by atoms with Gasteiger partial charge in [-0.3, -0.25) is 9.20 Å². The Bertz CT molecular complexity index is 955. The molecular formula is C20H28N4O3S. The lowest BCUT2D eigenvalue weighted by atomic mass is 10.0. The second kappa shape index (κ2) is 7.83. The zero-order valence-electron chi connectivity index (χ0n) is 16.3. The SMILES string of the molecule is CS(=O)(=O)c1nc(C(=O)NC2CCN(CC3CCCC3)CC2)c2ccccn12. The highest BCUT2D eigenvalue weighted by atomic mass is 32.2. The van der Waals surface area contributed by atoms with Crippen LogP contribution < -0.4 is 5.32 Å². The van der Waals surface area contributed by atoms with Crippen LogP contribution in [0.25, 0.3) is 5.52 Å². The predicted molar refractivity (Wildman–Crippen MR) is 107 cm³/mol. The molecular weight excluding hydrogens is 376 g/mol. The molecule has 2 aliphatic rings. The number of pyridine rings is 1. The fourth-order valence-electron chi connectivity index (χ4n) is 4.51. The van der Waals surface area contributed by atoms with Crippen LogP contribution in [0.1, 0.15) is 49.0 Å². The zero-order valence-corrected chi connectivity index (χ0v) is 17.1. The molecule has 7 nitrogen and oxygen atoms in total. The number of carbonyl (C=O) groups excluding carboxylic acids is 1. The predicted octanol–water partition coefficient (Wildman–Crippen LogP) is 2.12. The maximum absolute atomic E-state index is 12.8. The summed E-state index contributed by atoms with van der Waals surface area (Å²) in [5, 5.41) is 2.97. The number of hydrogen-bond donors (Lipinski definition) is 1. The average molecular weight is 405 g/mol.